The van der Waals surface area contributed by atoms with Crippen molar-refractivity contribution in [1.29, 1.82) is 0 Å². The van der Waals surface area contributed by atoms with E-state index in [1.807, 2.05) is 0 Å². The smallest absolute Gasteiger partial charge is 0.315 e. The molecule has 7 nitrogen and oxygen atoms in total. The summed E-state index contributed by atoms with van der Waals surface area (Å²) in [6.07, 6.45) is 5.68. The maximum Gasteiger partial charge on any atom is 0.315 e. The second-order valence-electron chi connectivity index (χ2n) is 6.95. The molecular formula is C18H27N3O4S. The van der Waals surface area contributed by atoms with Crippen LogP contribution in [0.4, 0.5) is 4.79 Å². The zero-order valence-corrected chi connectivity index (χ0v) is 15.9. The summed E-state index contributed by atoms with van der Waals surface area (Å²) in [7, 11) is -1.96. The summed E-state index contributed by atoms with van der Waals surface area (Å²) in [5, 5.41) is 6.00. The number of hydrogen-bond acceptors (Lipinski definition) is 4. The van der Waals surface area contributed by atoms with Crippen LogP contribution in [0, 0.1) is 0 Å². The summed E-state index contributed by atoms with van der Waals surface area (Å²) in [5.74, 6) is 0.625. The number of methoxy groups -OCH3 is 1. The Hall–Kier alpha value is -1.80. The predicted octanol–water partition coefficient (Wildman–Crippen LogP) is 2.09. The van der Waals surface area contributed by atoms with Crippen molar-refractivity contribution in [3.8, 4) is 5.75 Å². The number of rotatable bonds is 5. The number of amides is 2. The van der Waals surface area contributed by atoms with Crippen LogP contribution in [0.25, 0.3) is 0 Å². The molecule has 1 saturated carbocycles. The lowest BCUT2D eigenvalue weighted by Gasteiger charge is -2.31. The summed E-state index contributed by atoms with van der Waals surface area (Å²) < 4.78 is 32.0. The van der Waals surface area contributed by atoms with Crippen molar-refractivity contribution in [2.24, 2.45) is 0 Å². The molecule has 0 spiro atoms. The van der Waals surface area contributed by atoms with Crippen LogP contribution in [0.15, 0.2) is 29.2 Å². The van der Waals surface area contributed by atoms with Gasteiger partial charge in [0.1, 0.15) is 5.75 Å². The molecule has 8 heteroatoms. The average molecular weight is 381 g/mol. The summed E-state index contributed by atoms with van der Waals surface area (Å²) in [5.41, 5.74) is 0. The van der Waals surface area contributed by atoms with Gasteiger partial charge in [-0.25, -0.2) is 13.2 Å². The van der Waals surface area contributed by atoms with Gasteiger partial charge in [0.15, 0.2) is 0 Å². The lowest BCUT2D eigenvalue weighted by atomic mass is 10.1. The molecular weight excluding hydrogens is 354 g/mol. The molecule has 2 N–H and O–H groups in total. The highest BCUT2D eigenvalue weighted by molar-refractivity contribution is 7.89. The van der Waals surface area contributed by atoms with Gasteiger partial charge in [0.2, 0.25) is 10.0 Å². The normalized spacial score (nSPS) is 20.0. The molecule has 144 valence electrons. The first-order valence-electron chi connectivity index (χ1n) is 9.20. The Balaban J connectivity index is 1.51. The molecule has 2 fully saturated rings. The van der Waals surface area contributed by atoms with Gasteiger partial charge >= 0.3 is 6.03 Å². The molecule has 0 aromatic heterocycles. The van der Waals surface area contributed by atoms with E-state index in [1.165, 1.54) is 17.1 Å². The minimum atomic E-state index is -3.51. The summed E-state index contributed by atoms with van der Waals surface area (Å²) in [6, 6.07) is 6.59. The Labute approximate surface area is 155 Å². The summed E-state index contributed by atoms with van der Waals surface area (Å²) in [4.78, 5) is 12.3. The van der Waals surface area contributed by atoms with Crippen molar-refractivity contribution in [3.63, 3.8) is 0 Å². The molecule has 1 aromatic carbocycles. The van der Waals surface area contributed by atoms with Crippen LogP contribution in [-0.4, -0.2) is 51.0 Å². The number of carbonyl (C=O) groups is 1. The Bertz CT molecular complexity index is 706. The lowest BCUT2D eigenvalue weighted by molar-refractivity contribution is 0.224. The number of ether oxygens (including phenoxy) is 1. The maximum atomic E-state index is 12.7. The molecule has 0 bridgehead atoms. The van der Waals surface area contributed by atoms with E-state index in [9.17, 15) is 13.2 Å². The molecule has 0 atom stereocenters. The van der Waals surface area contributed by atoms with Crippen molar-refractivity contribution >= 4 is 16.1 Å². The van der Waals surface area contributed by atoms with Crippen molar-refractivity contribution in [1.82, 2.24) is 14.9 Å². The predicted molar refractivity (Wildman–Crippen MR) is 98.7 cm³/mol. The second kappa shape index (κ2) is 8.26. The van der Waals surface area contributed by atoms with Crippen LogP contribution in [-0.2, 0) is 10.0 Å². The fourth-order valence-electron chi connectivity index (χ4n) is 3.62. The topological polar surface area (TPSA) is 87.7 Å². The van der Waals surface area contributed by atoms with Gasteiger partial charge in [0, 0.05) is 25.2 Å². The van der Waals surface area contributed by atoms with Crippen molar-refractivity contribution in [3.05, 3.63) is 24.3 Å². The maximum absolute atomic E-state index is 12.7. The molecule has 0 unspecified atom stereocenters. The molecule has 2 amide bonds. The van der Waals surface area contributed by atoms with E-state index in [2.05, 4.69) is 10.6 Å². The summed E-state index contributed by atoms with van der Waals surface area (Å²) in [6.45, 7) is 0.811. The van der Waals surface area contributed by atoms with E-state index in [1.54, 1.807) is 31.4 Å². The van der Waals surface area contributed by atoms with Gasteiger partial charge in [-0.05, 0) is 49.9 Å². The van der Waals surface area contributed by atoms with Gasteiger partial charge in [0.05, 0.1) is 12.0 Å². The molecule has 2 aliphatic rings. The van der Waals surface area contributed by atoms with Crippen molar-refractivity contribution in [2.45, 2.75) is 55.5 Å². The Kier molecular flexibility index (Phi) is 6.03. The van der Waals surface area contributed by atoms with E-state index < -0.39 is 10.0 Å². The van der Waals surface area contributed by atoms with Crippen LogP contribution < -0.4 is 15.4 Å². The van der Waals surface area contributed by atoms with Crippen LogP contribution in [0.5, 0.6) is 5.75 Å². The number of piperidine rings is 1. The third kappa shape index (κ3) is 4.48. The van der Waals surface area contributed by atoms with Crippen molar-refractivity contribution < 1.29 is 17.9 Å². The summed E-state index contributed by atoms with van der Waals surface area (Å²) >= 11 is 0. The first-order chi connectivity index (χ1) is 12.5. The van der Waals surface area contributed by atoms with Crippen LogP contribution in [0.1, 0.15) is 38.5 Å². The molecule has 0 radical (unpaired) electrons. The molecule has 26 heavy (non-hydrogen) atoms. The first kappa shape index (κ1) is 19.0. The number of sulfonamides is 1. The number of carbonyl (C=O) groups excluding carboxylic acids is 1. The van der Waals surface area contributed by atoms with Gasteiger partial charge in [0.25, 0.3) is 0 Å². The van der Waals surface area contributed by atoms with E-state index in [-0.39, 0.29) is 23.0 Å². The zero-order chi connectivity index (χ0) is 18.6. The Morgan fingerprint density at radius 2 is 1.54 bits per heavy atom. The van der Waals surface area contributed by atoms with Gasteiger partial charge in [-0.2, -0.15) is 4.31 Å². The van der Waals surface area contributed by atoms with E-state index in [0.717, 1.165) is 12.8 Å². The molecule has 1 aromatic rings. The largest absolute Gasteiger partial charge is 0.497 e. The van der Waals surface area contributed by atoms with E-state index in [4.69, 9.17) is 4.74 Å². The monoisotopic (exact) mass is 381 g/mol. The highest BCUT2D eigenvalue weighted by Gasteiger charge is 2.30. The van der Waals surface area contributed by atoms with E-state index in [0.29, 0.717) is 31.7 Å². The number of nitrogens with zero attached hydrogens (tertiary/aromatic N) is 1. The highest BCUT2D eigenvalue weighted by Crippen LogP contribution is 2.23. The number of urea groups is 1. The molecule has 1 aliphatic carbocycles. The first-order valence-corrected chi connectivity index (χ1v) is 10.6. The molecule has 3 rings (SSSR count). The van der Waals surface area contributed by atoms with Crippen LogP contribution >= 0.6 is 0 Å². The number of hydrogen-bond donors (Lipinski definition) is 2. The van der Waals surface area contributed by atoms with Crippen LogP contribution in [0.2, 0.25) is 0 Å². The highest BCUT2D eigenvalue weighted by atomic mass is 32.2. The van der Waals surface area contributed by atoms with E-state index >= 15 is 0 Å². The number of benzene rings is 1. The SMILES string of the molecule is COc1ccc(S(=O)(=O)N2CCC(NC(=O)NC3CCCC3)CC2)cc1. The van der Waals surface area contributed by atoms with Gasteiger partial charge in [-0.15, -0.1) is 0 Å². The van der Waals surface area contributed by atoms with Crippen LogP contribution in [0.3, 0.4) is 0 Å². The molecule has 1 saturated heterocycles. The average Bonchev–Trinajstić information content (AvgIpc) is 3.15. The minimum absolute atomic E-state index is 0.0127. The van der Waals surface area contributed by atoms with Gasteiger partial charge in [-0.3, -0.25) is 0 Å². The fraction of sp³-hybridized carbons (Fsp3) is 0.611. The Morgan fingerprint density at radius 1 is 1.00 bits per heavy atom. The minimum Gasteiger partial charge on any atom is -0.497 e. The van der Waals surface area contributed by atoms with Crippen molar-refractivity contribution in [2.75, 3.05) is 20.2 Å². The Morgan fingerprint density at radius 3 is 2.08 bits per heavy atom. The quantitative estimate of drug-likeness (QED) is 0.818. The lowest BCUT2D eigenvalue weighted by Crippen LogP contribution is -2.50. The van der Waals surface area contributed by atoms with Gasteiger partial charge < -0.3 is 15.4 Å². The standard InChI is InChI=1S/C18H27N3O4S/c1-25-16-6-8-17(9-7-16)26(23,24)21-12-10-15(11-13-21)20-18(22)19-14-4-2-3-5-14/h6-9,14-15H,2-5,10-13H2,1H3,(H2,19,20,22). The molecule has 1 heterocycles. The number of nitrogens with one attached hydrogen (secondary N) is 2. The van der Waals surface area contributed by atoms with Gasteiger partial charge in [-0.1, -0.05) is 12.8 Å². The molecule has 1 aliphatic heterocycles. The fourth-order valence-corrected chi connectivity index (χ4v) is 5.09. The zero-order valence-electron chi connectivity index (χ0n) is 15.1. The third-order valence-electron chi connectivity index (χ3n) is 5.18. The third-order valence-corrected chi connectivity index (χ3v) is 7.09. The second-order valence-corrected chi connectivity index (χ2v) is 8.89.